The van der Waals surface area contributed by atoms with Gasteiger partial charge in [-0.1, -0.05) is 19.9 Å². The maximum absolute atomic E-state index is 13.7. The van der Waals surface area contributed by atoms with Crippen LogP contribution >= 0.6 is 15.9 Å². The first kappa shape index (κ1) is 18.3. The summed E-state index contributed by atoms with van der Waals surface area (Å²) in [6, 6.07) is 4.64. The van der Waals surface area contributed by atoms with Gasteiger partial charge in [-0.05, 0) is 41.0 Å². The molecule has 0 aromatic heterocycles. The van der Waals surface area contributed by atoms with Crippen LogP contribution in [0.5, 0.6) is 0 Å². The molecule has 1 aromatic carbocycles. The van der Waals surface area contributed by atoms with Crippen molar-refractivity contribution in [3.63, 3.8) is 0 Å². The van der Waals surface area contributed by atoms with Crippen molar-refractivity contribution in [3.05, 3.63) is 28.5 Å². The molecule has 0 aliphatic heterocycles. The van der Waals surface area contributed by atoms with E-state index in [1.165, 1.54) is 23.5 Å². The Morgan fingerprint density at radius 1 is 1.38 bits per heavy atom. The van der Waals surface area contributed by atoms with E-state index in [9.17, 15) is 12.8 Å². The van der Waals surface area contributed by atoms with E-state index < -0.39 is 16.0 Å². The number of hydrogen-bond acceptors (Lipinski definition) is 3. The van der Waals surface area contributed by atoms with Crippen molar-refractivity contribution >= 4 is 31.8 Å². The Kier molecular flexibility index (Phi) is 7.05. The van der Waals surface area contributed by atoms with Crippen LogP contribution in [0.3, 0.4) is 0 Å². The normalized spacial score (nSPS) is 12.1. The Hall–Kier alpha value is -0.700. The molecule has 0 atom stereocenters. The van der Waals surface area contributed by atoms with E-state index in [0.29, 0.717) is 23.5 Å². The number of rotatable bonds is 8. The second-order valence-corrected chi connectivity index (χ2v) is 7.62. The van der Waals surface area contributed by atoms with Crippen molar-refractivity contribution in [2.75, 3.05) is 24.9 Å². The molecule has 0 spiro atoms. The molecule has 2 N–H and O–H groups in total. The zero-order valence-corrected chi connectivity index (χ0v) is 14.8. The molecule has 0 bridgehead atoms. The average molecular weight is 382 g/mol. The van der Waals surface area contributed by atoms with Gasteiger partial charge in [0.1, 0.15) is 5.82 Å². The number of benzene rings is 1. The Bertz CT molecular complexity index is 546. The number of halogens is 2. The molecule has 0 unspecified atom stereocenters. The summed E-state index contributed by atoms with van der Waals surface area (Å²) in [5, 5.41) is 3.21. The first-order valence-electron chi connectivity index (χ1n) is 6.65. The lowest BCUT2D eigenvalue weighted by Crippen LogP contribution is -2.35. The summed E-state index contributed by atoms with van der Waals surface area (Å²) >= 11 is 3.13. The Morgan fingerprint density at radius 3 is 2.62 bits per heavy atom. The van der Waals surface area contributed by atoms with E-state index in [-0.39, 0.29) is 5.69 Å². The van der Waals surface area contributed by atoms with Crippen molar-refractivity contribution in [3.8, 4) is 0 Å². The zero-order valence-electron chi connectivity index (χ0n) is 12.4. The number of nitrogens with zero attached hydrogens (tertiary/aromatic N) is 1. The summed E-state index contributed by atoms with van der Waals surface area (Å²) in [6.45, 7) is 5.12. The van der Waals surface area contributed by atoms with Gasteiger partial charge in [-0.15, -0.1) is 0 Å². The largest absolute Gasteiger partial charge is 0.314 e. The van der Waals surface area contributed by atoms with Crippen LogP contribution in [-0.2, 0) is 10.2 Å². The summed E-state index contributed by atoms with van der Waals surface area (Å²) in [5.41, 5.74) is -0.0790. The van der Waals surface area contributed by atoms with Gasteiger partial charge >= 0.3 is 10.2 Å². The molecule has 0 aliphatic rings. The van der Waals surface area contributed by atoms with Crippen LogP contribution in [0.2, 0.25) is 0 Å². The molecule has 1 aromatic rings. The lowest BCUT2D eigenvalue weighted by molar-refractivity contribution is 0.451. The highest BCUT2D eigenvalue weighted by Crippen LogP contribution is 2.26. The van der Waals surface area contributed by atoms with Crippen LogP contribution in [-0.4, -0.2) is 38.9 Å². The van der Waals surface area contributed by atoms with Crippen molar-refractivity contribution in [2.24, 2.45) is 0 Å². The van der Waals surface area contributed by atoms with Gasteiger partial charge in [-0.25, -0.2) is 4.39 Å². The highest BCUT2D eigenvalue weighted by molar-refractivity contribution is 9.10. The second-order valence-electron chi connectivity index (χ2n) is 4.99. The molecule has 8 heteroatoms. The summed E-state index contributed by atoms with van der Waals surface area (Å²) in [4.78, 5) is 0. The topological polar surface area (TPSA) is 61.4 Å². The van der Waals surface area contributed by atoms with Crippen LogP contribution < -0.4 is 10.0 Å². The SMILES string of the molecule is CC(C)NCCCN(C)S(=O)(=O)Nc1c(F)cccc1Br. The van der Waals surface area contributed by atoms with Gasteiger partial charge < -0.3 is 5.32 Å². The van der Waals surface area contributed by atoms with E-state index in [1.54, 1.807) is 6.07 Å². The summed E-state index contributed by atoms with van der Waals surface area (Å²) in [5.74, 6) is -0.622. The minimum Gasteiger partial charge on any atom is -0.314 e. The molecular formula is C13H21BrFN3O2S. The van der Waals surface area contributed by atoms with Gasteiger partial charge in [0.25, 0.3) is 0 Å². The third-order valence-corrected chi connectivity index (χ3v) is 4.93. The highest BCUT2D eigenvalue weighted by atomic mass is 79.9. The molecule has 5 nitrogen and oxygen atoms in total. The van der Waals surface area contributed by atoms with E-state index in [4.69, 9.17) is 0 Å². The van der Waals surface area contributed by atoms with Crippen molar-refractivity contribution in [1.82, 2.24) is 9.62 Å². The van der Waals surface area contributed by atoms with E-state index in [0.717, 1.165) is 6.54 Å². The number of hydrogen-bond donors (Lipinski definition) is 2. The van der Waals surface area contributed by atoms with Gasteiger partial charge in [0, 0.05) is 24.1 Å². The van der Waals surface area contributed by atoms with Crippen LogP contribution in [0.15, 0.2) is 22.7 Å². The molecular weight excluding hydrogens is 361 g/mol. The van der Waals surface area contributed by atoms with Crippen LogP contribution in [0, 0.1) is 5.82 Å². The molecule has 0 aliphatic carbocycles. The smallest absolute Gasteiger partial charge is 0.301 e. The van der Waals surface area contributed by atoms with Gasteiger partial charge in [0.05, 0.1) is 5.69 Å². The van der Waals surface area contributed by atoms with Gasteiger partial charge in [0.15, 0.2) is 0 Å². The molecule has 21 heavy (non-hydrogen) atoms. The molecule has 0 fully saturated rings. The lowest BCUT2D eigenvalue weighted by atomic mass is 10.3. The predicted molar refractivity (Wildman–Crippen MR) is 87.0 cm³/mol. The zero-order chi connectivity index (χ0) is 16.0. The molecule has 0 radical (unpaired) electrons. The van der Waals surface area contributed by atoms with Crippen LogP contribution in [0.25, 0.3) is 0 Å². The Morgan fingerprint density at radius 2 is 2.05 bits per heavy atom. The van der Waals surface area contributed by atoms with Crippen molar-refractivity contribution in [1.29, 1.82) is 0 Å². The molecule has 1 rings (SSSR count). The first-order valence-corrected chi connectivity index (χ1v) is 8.89. The van der Waals surface area contributed by atoms with Crippen molar-refractivity contribution < 1.29 is 12.8 Å². The standard InChI is InChI=1S/C13H21BrFN3O2S/c1-10(2)16-8-5-9-18(3)21(19,20)17-13-11(14)6-4-7-12(13)15/h4,6-7,10,16-17H,5,8-9H2,1-3H3. The second kappa shape index (κ2) is 8.07. The van der Waals surface area contributed by atoms with Gasteiger partial charge in [-0.2, -0.15) is 12.7 Å². The third kappa shape index (κ3) is 5.90. The Balaban J connectivity index is 2.64. The molecule has 120 valence electrons. The molecule has 0 saturated carbocycles. The first-order chi connectivity index (χ1) is 9.74. The average Bonchev–Trinajstić information content (AvgIpc) is 2.38. The Labute approximate surface area is 134 Å². The third-order valence-electron chi connectivity index (χ3n) is 2.81. The van der Waals surface area contributed by atoms with Crippen LogP contribution in [0.4, 0.5) is 10.1 Å². The highest BCUT2D eigenvalue weighted by Gasteiger charge is 2.20. The fraction of sp³-hybridized carbons (Fsp3) is 0.538. The van der Waals surface area contributed by atoms with Crippen LogP contribution in [0.1, 0.15) is 20.3 Å². The fourth-order valence-electron chi connectivity index (χ4n) is 1.61. The van der Waals surface area contributed by atoms with Crippen molar-refractivity contribution in [2.45, 2.75) is 26.3 Å². The van der Waals surface area contributed by atoms with E-state index >= 15 is 0 Å². The monoisotopic (exact) mass is 381 g/mol. The summed E-state index contributed by atoms with van der Waals surface area (Å²) < 4.78 is 41.7. The minimum atomic E-state index is -3.77. The summed E-state index contributed by atoms with van der Waals surface area (Å²) in [6.07, 6.45) is 0.675. The quantitative estimate of drug-likeness (QED) is 0.680. The number of nitrogens with one attached hydrogen (secondary N) is 2. The maximum Gasteiger partial charge on any atom is 0.301 e. The van der Waals surface area contributed by atoms with E-state index in [1.807, 2.05) is 13.8 Å². The number of para-hydroxylation sites is 1. The molecule has 0 amide bonds. The predicted octanol–water partition coefficient (Wildman–Crippen LogP) is 2.56. The molecule has 0 saturated heterocycles. The molecule has 0 heterocycles. The number of anilines is 1. The summed E-state index contributed by atoms with van der Waals surface area (Å²) in [7, 11) is -2.31. The lowest BCUT2D eigenvalue weighted by Gasteiger charge is -2.19. The van der Waals surface area contributed by atoms with E-state index in [2.05, 4.69) is 26.0 Å². The fourth-order valence-corrected chi connectivity index (χ4v) is 3.18. The minimum absolute atomic E-state index is 0.0790. The van der Waals surface area contributed by atoms with Gasteiger partial charge in [-0.3, -0.25) is 4.72 Å². The maximum atomic E-state index is 13.7. The van der Waals surface area contributed by atoms with Gasteiger partial charge in [0.2, 0.25) is 0 Å².